The Kier molecular flexibility index (Phi) is 3.76. The first-order chi connectivity index (χ1) is 9.19. The third-order valence-corrected chi connectivity index (χ3v) is 2.80. The summed E-state index contributed by atoms with van der Waals surface area (Å²) in [5.41, 5.74) is 3.04. The van der Waals surface area contributed by atoms with E-state index in [-0.39, 0.29) is 11.4 Å². The lowest BCUT2D eigenvalue weighted by atomic mass is 10.2. The molecule has 1 aromatic carbocycles. The minimum absolute atomic E-state index is 0.0552. The third kappa shape index (κ3) is 2.41. The van der Waals surface area contributed by atoms with Crippen LogP contribution in [0.5, 0.6) is 0 Å². The molecule has 0 saturated carbocycles. The molecule has 7 nitrogen and oxygen atoms in total. The highest BCUT2D eigenvalue weighted by atomic mass is 16.6. The Labute approximate surface area is 110 Å². The van der Waals surface area contributed by atoms with Gasteiger partial charge >= 0.3 is 5.69 Å². The largest absolute Gasteiger partial charge is 0.318 e. The van der Waals surface area contributed by atoms with Crippen molar-refractivity contribution in [1.82, 2.24) is 9.55 Å². The van der Waals surface area contributed by atoms with E-state index in [2.05, 4.69) is 10.4 Å². The average molecular weight is 261 g/mol. The van der Waals surface area contributed by atoms with Gasteiger partial charge in [0.05, 0.1) is 4.92 Å². The molecule has 0 aliphatic rings. The van der Waals surface area contributed by atoms with Crippen LogP contribution in [0, 0.1) is 10.1 Å². The van der Waals surface area contributed by atoms with E-state index in [4.69, 9.17) is 5.84 Å². The van der Waals surface area contributed by atoms with Crippen LogP contribution in [0.15, 0.2) is 30.6 Å². The second kappa shape index (κ2) is 5.49. The molecular formula is C12H15N5O2. The molecule has 0 spiro atoms. The standard InChI is InChI=1S/C12H15N5O2/c1-2-4-11-14-7-8-16(11)10-6-3-5-9(15-13)12(10)17(18)19/h3,5-8,15H,2,4,13H2,1H3. The number of nitrogens with two attached hydrogens (primary N) is 1. The normalized spacial score (nSPS) is 10.4. The maximum atomic E-state index is 11.2. The second-order valence-electron chi connectivity index (χ2n) is 4.04. The molecule has 1 aromatic heterocycles. The summed E-state index contributed by atoms with van der Waals surface area (Å²) in [5.74, 6) is 6.12. The molecule has 0 amide bonds. The zero-order valence-corrected chi connectivity index (χ0v) is 10.5. The van der Waals surface area contributed by atoms with Gasteiger partial charge in [0.2, 0.25) is 0 Å². The zero-order valence-electron chi connectivity index (χ0n) is 10.5. The first-order valence-corrected chi connectivity index (χ1v) is 5.95. The number of nitrogen functional groups attached to an aromatic ring is 1. The maximum Gasteiger partial charge on any atom is 0.317 e. The van der Waals surface area contributed by atoms with E-state index in [9.17, 15) is 10.1 Å². The number of nitrogens with zero attached hydrogens (tertiary/aromatic N) is 3. The summed E-state index contributed by atoms with van der Waals surface area (Å²) in [6, 6.07) is 4.96. The number of aromatic nitrogens is 2. The average Bonchev–Trinajstić information content (AvgIpc) is 2.86. The van der Waals surface area contributed by atoms with Crippen LogP contribution in [-0.4, -0.2) is 14.5 Å². The van der Waals surface area contributed by atoms with Gasteiger partial charge in [-0.25, -0.2) is 4.98 Å². The Balaban J connectivity index is 2.61. The highest BCUT2D eigenvalue weighted by Crippen LogP contribution is 2.31. The number of hydrogen-bond acceptors (Lipinski definition) is 5. The number of imidazole rings is 1. The van der Waals surface area contributed by atoms with Gasteiger partial charge in [0.25, 0.3) is 0 Å². The molecule has 0 bridgehead atoms. The quantitative estimate of drug-likeness (QED) is 0.487. The van der Waals surface area contributed by atoms with Gasteiger partial charge in [0.1, 0.15) is 17.2 Å². The van der Waals surface area contributed by atoms with Crippen LogP contribution in [0.4, 0.5) is 11.4 Å². The Morgan fingerprint density at radius 2 is 2.32 bits per heavy atom. The van der Waals surface area contributed by atoms with Gasteiger partial charge in [0.15, 0.2) is 0 Å². The molecule has 0 aliphatic heterocycles. The van der Waals surface area contributed by atoms with E-state index in [1.807, 2.05) is 6.92 Å². The van der Waals surface area contributed by atoms with Crippen LogP contribution in [0.1, 0.15) is 19.2 Å². The highest BCUT2D eigenvalue weighted by Gasteiger charge is 2.21. The van der Waals surface area contributed by atoms with E-state index in [1.165, 1.54) is 0 Å². The van der Waals surface area contributed by atoms with Crippen molar-refractivity contribution >= 4 is 11.4 Å². The summed E-state index contributed by atoms with van der Waals surface area (Å²) in [4.78, 5) is 15.0. The number of nitro benzene ring substituents is 1. The molecule has 100 valence electrons. The van der Waals surface area contributed by atoms with Crippen LogP contribution in [-0.2, 0) is 6.42 Å². The van der Waals surface area contributed by atoms with Crippen molar-refractivity contribution in [3.63, 3.8) is 0 Å². The number of para-hydroxylation sites is 1. The van der Waals surface area contributed by atoms with Gasteiger partial charge in [0, 0.05) is 18.8 Å². The van der Waals surface area contributed by atoms with E-state index >= 15 is 0 Å². The molecule has 1 heterocycles. The Bertz CT molecular complexity index is 594. The summed E-state index contributed by atoms with van der Waals surface area (Å²) < 4.78 is 1.72. The number of hydrazine groups is 1. The molecule has 0 aliphatic carbocycles. The van der Waals surface area contributed by atoms with Gasteiger partial charge in [-0.05, 0) is 18.6 Å². The second-order valence-corrected chi connectivity index (χ2v) is 4.04. The lowest BCUT2D eigenvalue weighted by molar-refractivity contribution is -0.383. The van der Waals surface area contributed by atoms with Crippen LogP contribution >= 0.6 is 0 Å². The first-order valence-electron chi connectivity index (χ1n) is 5.95. The summed E-state index contributed by atoms with van der Waals surface area (Å²) in [6.45, 7) is 2.03. The molecular weight excluding hydrogens is 246 g/mol. The molecule has 19 heavy (non-hydrogen) atoms. The number of aryl methyl sites for hydroxylation is 1. The number of rotatable bonds is 5. The number of nitro groups is 1. The van der Waals surface area contributed by atoms with Crippen molar-refractivity contribution in [2.24, 2.45) is 5.84 Å². The molecule has 7 heteroatoms. The molecule has 0 unspecified atom stereocenters. The third-order valence-electron chi connectivity index (χ3n) is 2.80. The fraction of sp³-hybridized carbons (Fsp3) is 0.250. The topological polar surface area (TPSA) is 99.0 Å². The van der Waals surface area contributed by atoms with Crippen molar-refractivity contribution < 1.29 is 4.92 Å². The predicted molar refractivity (Wildman–Crippen MR) is 72.0 cm³/mol. The van der Waals surface area contributed by atoms with Gasteiger partial charge in [-0.3, -0.25) is 20.5 Å². The monoisotopic (exact) mass is 261 g/mol. The van der Waals surface area contributed by atoms with Crippen molar-refractivity contribution in [2.75, 3.05) is 5.43 Å². The number of anilines is 1. The van der Waals surface area contributed by atoms with E-state index in [1.54, 1.807) is 35.2 Å². The summed E-state index contributed by atoms with van der Waals surface area (Å²) in [6.07, 6.45) is 5.02. The summed E-state index contributed by atoms with van der Waals surface area (Å²) in [7, 11) is 0. The highest BCUT2D eigenvalue weighted by molar-refractivity contribution is 5.70. The number of hydrogen-bond donors (Lipinski definition) is 2. The van der Waals surface area contributed by atoms with E-state index in [0.717, 1.165) is 18.7 Å². The van der Waals surface area contributed by atoms with Gasteiger partial charge in [-0.2, -0.15) is 0 Å². The number of nitrogens with one attached hydrogen (secondary N) is 1. The van der Waals surface area contributed by atoms with Gasteiger partial charge in [-0.1, -0.05) is 13.0 Å². The minimum Gasteiger partial charge on any atom is -0.318 e. The van der Waals surface area contributed by atoms with Gasteiger partial charge < -0.3 is 5.43 Å². The smallest absolute Gasteiger partial charge is 0.317 e. The molecule has 0 atom stereocenters. The van der Waals surface area contributed by atoms with Crippen LogP contribution in [0.25, 0.3) is 5.69 Å². The van der Waals surface area contributed by atoms with Crippen LogP contribution in [0.3, 0.4) is 0 Å². The minimum atomic E-state index is -0.444. The molecule has 0 fully saturated rings. The zero-order chi connectivity index (χ0) is 13.8. The van der Waals surface area contributed by atoms with Crippen molar-refractivity contribution in [3.05, 3.63) is 46.5 Å². The van der Waals surface area contributed by atoms with Crippen molar-refractivity contribution in [3.8, 4) is 5.69 Å². The molecule has 0 saturated heterocycles. The molecule has 2 aromatic rings. The molecule has 0 radical (unpaired) electrons. The fourth-order valence-corrected chi connectivity index (χ4v) is 2.00. The number of benzene rings is 1. The Morgan fingerprint density at radius 1 is 1.53 bits per heavy atom. The molecule has 2 rings (SSSR count). The van der Waals surface area contributed by atoms with Gasteiger partial charge in [-0.15, -0.1) is 0 Å². The van der Waals surface area contributed by atoms with E-state index in [0.29, 0.717) is 5.69 Å². The fourth-order valence-electron chi connectivity index (χ4n) is 2.00. The summed E-state index contributed by atoms with van der Waals surface area (Å²) in [5, 5.41) is 11.2. The SMILES string of the molecule is CCCc1nccn1-c1cccc(NN)c1[N+](=O)[O-]. The Morgan fingerprint density at radius 3 is 2.95 bits per heavy atom. The first kappa shape index (κ1) is 13.0. The lowest BCUT2D eigenvalue weighted by Crippen LogP contribution is -2.11. The lowest BCUT2D eigenvalue weighted by Gasteiger charge is -2.10. The van der Waals surface area contributed by atoms with Crippen LogP contribution in [0.2, 0.25) is 0 Å². The maximum absolute atomic E-state index is 11.2. The Hall–Kier alpha value is -2.41. The van der Waals surface area contributed by atoms with Crippen molar-refractivity contribution in [2.45, 2.75) is 19.8 Å². The molecule has 3 N–H and O–H groups in total. The van der Waals surface area contributed by atoms with Crippen molar-refractivity contribution in [1.29, 1.82) is 0 Å². The van der Waals surface area contributed by atoms with Crippen LogP contribution < -0.4 is 11.3 Å². The predicted octanol–water partition coefficient (Wildman–Crippen LogP) is 2.02. The van der Waals surface area contributed by atoms with E-state index < -0.39 is 4.92 Å². The summed E-state index contributed by atoms with van der Waals surface area (Å²) >= 11 is 0.